The van der Waals surface area contributed by atoms with Crippen molar-refractivity contribution in [2.45, 2.75) is 4.90 Å². The van der Waals surface area contributed by atoms with E-state index in [1.54, 1.807) is 49.2 Å². The zero-order valence-corrected chi connectivity index (χ0v) is 10.9. The molecule has 1 aromatic heterocycles. The van der Waals surface area contributed by atoms with Crippen LogP contribution in [0.25, 0.3) is 0 Å². The van der Waals surface area contributed by atoms with Crippen molar-refractivity contribution in [2.24, 2.45) is 7.05 Å². The number of anilines is 1. The number of amides is 1. The van der Waals surface area contributed by atoms with E-state index >= 15 is 0 Å². The highest BCUT2D eigenvalue weighted by Crippen LogP contribution is 2.16. The first-order chi connectivity index (χ1) is 8.60. The van der Waals surface area contributed by atoms with Gasteiger partial charge in [-0.1, -0.05) is 0 Å². The number of thiol groups is 1. The summed E-state index contributed by atoms with van der Waals surface area (Å²) in [5.41, 5.74) is 0.553. The molecule has 0 aliphatic carbocycles. The lowest BCUT2D eigenvalue weighted by Crippen LogP contribution is -2.12. The zero-order valence-electron chi connectivity index (χ0n) is 10.0. The van der Waals surface area contributed by atoms with Crippen LogP contribution in [-0.2, 0) is 7.05 Å². The van der Waals surface area contributed by atoms with E-state index in [1.165, 1.54) is 0 Å². The van der Waals surface area contributed by atoms with Crippen LogP contribution in [0.15, 0.2) is 35.2 Å². The predicted octanol–water partition coefficient (Wildman–Crippen LogP) is 1.97. The Morgan fingerprint density at radius 1 is 1.39 bits per heavy atom. The molecule has 2 aromatic rings. The number of methoxy groups -OCH3 is 1. The summed E-state index contributed by atoms with van der Waals surface area (Å²) in [6, 6.07) is 8.59. The van der Waals surface area contributed by atoms with Crippen LogP contribution in [0.4, 0.5) is 5.82 Å². The molecule has 5 nitrogen and oxygen atoms in total. The summed E-state index contributed by atoms with van der Waals surface area (Å²) in [7, 11) is 3.29. The van der Waals surface area contributed by atoms with Gasteiger partial charge in [0.05, 0.1) is 7.11 Å². The second-order valence-corrected chi connectivity index (χ2v) is 4.21. The maximum atomic E-state index is 11.9. The summed E-state index contributed by atoms with van der Waals surface area (Å²) in [5.74, 6) is 0.814. The molecule has 0 radical (unpaired) electrons. The van der Waals surface area contributed by atoms with Crippen molar-refractivity contribution >= 4 is 24.4 Å². The molecule has 0 unspecified atom stereocenters. The normalized spacial score (nSPS) is 10.2. The van der Waals surface area contributed by atoms with Gasteiger partial charge in [0.25, 0.3) is 5.91 Å². The van der Waals surface area contributed by atoms with Crippen molar-refractivity contribution in [1.82, 2.24) is 9.78 Å². The lowest BCUT2D eigenvalue weighted by molar-refractivity contribution is 0.102. The Hall–Kier alpha value is -1.95. The van der Waals surface area contributed by atoms with Gasteiger partial charge in [0.15, 0.2) is 5.82 Å². The molecular formula is C12H13N3O2S. The summed E-state index contributed by atoms with van der Waals surface area (Å²) in [5, 5.41) is 6.81. The van der Waals surface area contributed by atoms with E-state index < -0.39 is 0 Å². The number of carbonyl (C=O) groups excluding carboxylic acids is 1. The molecule has 0 aliphatic heterocycles. The highest BCUT2D eigenvalue weighted by atomic mass is 32.1. The van der Waals surface area contributed by atoms with Crippen molar-refractivity contribution in [2.75, 3.05) is 12.4 Å². The van der Waals surface area contributed by atoms with Gasteiger partial charge < -0.3 is 10.1 Å². The standard InChI is InChI=1S/C12H13N3O2S/c1-15-11(17-2)7-10(14-15)13-12(16)8-3-5-9(18)6-4-8/h3-7,18H,1-2H3,(H,13,14,16). The van der Waals surface area contributed by atoms with Gasteiger partial charge in [-0.15, -0.1) is 12.6 Å². The van der Waals surface area contributed by atoms with Crippen LogP contribution in [0.1, 0.15) is 10.4 Å². The lowest BCUT2D eigenvalue weighted by Gasteiger charge is -2.01. The van der Waals surface area contributed by atoms with E-state index in [0.29, 0.717) is 17.3 Å². The maximum absolute atomic E-state index is 11.9. The zero-order chi connectivity index (χ0) is 13.1. The smallest absolute Gasteiger partial charge is 0.256 e. The molecule has 18 heavy (non-hydrogen) atoms. The highest BCUT2D eigenvalue weighted by Gasteiger charge is 2.10. The number of aromatic nitrogens is 2. The number of ether oxygens (including phenoxy) is 1. The van der Waals surface area contributed by atoms with Gasteiger partial charge in [0, 0.05) is 23.6 Å². The molecule has 0 aliphatic rings. The van der Waals surface area contributed by atoms with Crippen LogP contribution in [0, 0.1) is 0 Å². The third-order valence-corrected chi connectivity index (χ3v) is 2.72. The fourth-order valence-electron chi connectivity index (χ4n) is 1.50. The van der Waals surface area contributed by atoms with Crippen molar-refractivity contribution < 1.29 is 9.53 Å². The fraction of sp³-hybridized carbons (Fsp3) is 0.167. The molecule has 94 valence electrons. The van der Waals surface area contributed by atoms with Crippen molar-refractivity contribution in [1.29, 1.82) is 0 Å². The minimum absolute atomic E-state index is 0.218. The Morgan fingerprint density at radius 2 is 2.06 bits per heavy atom. The number of hydrogen-bond acceptors (Lipinski definition) is 4. The minimum atomic E-state index is -0.218. The molecule has 0 saturated heterocycles. The first-order valence-electron chi connectivity index (χ1n) is 5.28. The Morgan fingerprint density at radius 3 is 2.61 bits per heavy atom. The number of carbonyl (C=O) groups is 1. The first-order valence-corrected chi connectivity index (χ1v) is 5.73. The summed E-state index contributed by atoms with van der Waals surface area (Å²) in [4.78, 5) is 12.7. The van der Waals surface area contributed by atoms with Gasteiger partial charge >= 0.3 is 0 Å². The number of nitrogens with one attached hydrogen (secondary N) is 1. The Bertz CT molecular complexity index is 563. The van der Waals surface area contributed by atoms with Crippen molar-refractivity contribution in [3.8, 4) is 5.88 Å². The van der Waals surface area contributed by atoms with E-state index in [1.807, 2.05) is 0 Å². The average molecular weight is 263 g/mol. The van der Waals surface area contributed by atoms with E-state index in [2.05, 4.69) is 23.0 Å². The molecule has 0 atom stereocenters. The SMILES string of the molecule is COc1cc(NC(=O)c2ccc(S)cc2)nn1C. The summed E-state index contributed by atoms with van der Waals surface area (Å²) < 4.78 is 6.62. The van der Waals surface area contributed by atoms with Gasteiger partial charge in [-0.25, -0.2) is 4.68 Å². The molecule has 1 amide bonds. The Kier molecular flexibility index (Phi) is 3.57. The van der Waals surface area contributed by atoms with E-state index in [0.717, 1.165) is 4.90 Å². The van der Waals surface area contributed by atoms with Gasteiger partial charge in [-0.2, -0.15) is 5.10 Å². The molecule has 2 rings (SSSR count). The molecule has 0 bridgehead atoms. The number of nitrogens with zero attached hydrogens (tertiary/aromatic N) is 2. The van der Waals surface area contributed by atoms with Gasteiger partial charge in [0.1, 0.15) is 0 Å². The quantitative estimate of drug-likeness (QED) is 0.832. The monoisotopic (exact) mass is 263 g/mol. The van der Waals surface area contributed by atoms with E-state index in [-0.39, 0.29) is 5.91 Å². The number of rotatable bonds is 3. The van der Waals surface area contributed by atoms with Crippen LogP contribution in [-0.4, -0.2) is 22.8 Å². The van der Waals surface area contributed by atoms with Gasteiger partial charge in [-0.05, 0) is 24.3 Å². The molecule has 1 heterocycles. The van der Waals surface area contributed by atoms with Gasteiger partial charge in [-0.3, -0.25) is 4.79 Å². The van der Waals surface area contributed by atoms with Gasteiger partial charge in [0.2, 0.25) is 5.88 Å². The summed E-state index contributed by atoms with van der Waals surface area (Å²) >= 11 is 4.16. The minimum Gasteiger partial charge on any atom is -0.481 e. The predicted molar refractivity (Wildman–Crippen MR) is 71.4 cm³/mol. The molecule has 0 saturated carbocycles. The molecule has 0 fully saturated rings. The Labute approximate surface area is 110 Å². The van der Waals surface area contributed by atoms with Crippen LogP contribution in [0.2, 0.25) is 0 Å². The molecular weight excluding hydrogens is 250 g/mol. The van der Waals surface area contributed by atoms with Crippen LogP contribution in [0.3, 0.4) is 0 Å². The maximum Gasteiger partial charge on any atom is 0.256 e. The Balaban J connectivity index is 2.13. The second kappa shape index (κ2) is 5.14. The van der Waals surface area contributed by atoms with Crippen molar-refractivity contribution in [3.63, 3.8) is 0 Å². The molecule has 0 spiro atoms. The third kappa shape index (κ3) is 2.65. The highest BCUT2D eigenvalue weighted by molar-refractivity contribution is 7.80. The topological polar surface area (TPSA) is 56.1 Å². The lowest BCUT2D eigenvalue weighted by atomic mass is 10.2. The third-order valence-electron chi connectivity index (χ3n) is 2.42. The second-order valence-electron chi connectivity index (χ2n) is 3.70. The largest absolute Gasteiger partial charge is 0.481 e. The fourth-order valence-corrected chi connectivity index (χ4v) is 1.65. The average Bonchev–Trinajstić information content (AvgIpc) is 2.70. The molecule has 6 heteroatoms. The van der Waals surface area contributed by atoms with Crippen molar-refractivity contribution in [3.05, 3.63) is 35.9 Å². The van der Waals surface area contributed by atoms with Crippen LogP contribution in [0.5, 0.6) is 5.88 Å². The molecule has 1 N–H and O–H groups in total. The number of aryl methyl sites for hydroxylation is 1. The van der Waals surface area contributed by atoms with E-state index in [9.17, 15) is 4.79 Å². The number of benzene rings is 1. The van der Waals surface area contributed by atoms with E-state index in [4.69, 9.17) is 4.74 Å². The first kappa shape index (κ1) is 12.5. The summed E-state index contributed by atoms with van der Waals surface area (Å²) in [6.07, 6.45) is 0. The molecule has 1 aromatic carbocycles. The van der Waals surface area contributed by atoms with Crippen LogP contribution < -0.4 is 10.1 Å². The summed E-state index contributed by atoms with van der Waals surface area (Å²) in [6.45, 7) is 0. The number of hydrogen-bond donors (Lipinski definition) is 2. The van der Waals surface area contributed by atoms with Crippen LogP contribution >= 0.6 is 12.6 Å².